The van der Waals surface area contributed by atoms with E-state index in [2.05, 4.69) is 4.90 Å². The van der Waals surface area contributed by atoms with Crippen LogP contribution in [0.1, 0.15) is 0 Å². The average molecular weight is 197 g/mol. The smallest absolute Gasteiger partial charge is 0.0870 e. The van der Waals surface area contributed by atoms with E-state index >= 15 is 0 Å². The van der Waals surface area contributed by atoms with E-state index < -0.39 is 0 Å². The van der Waals surface area contributed by atoms with Gasteiger partial charge in [-0.3, -0.25) is 4.90 Å². The molecule has 1 aliphatic rings. The van der Waals surface area contributed by atoms with Gasteiger partial charge in [-0.05, 0) is 0 Å². The zero-order valence-electron chi connectivity index (χ0n) is 6.28. The maximum atomic E-state index is 5.37. The van der Waals surface area contributed by atoms with Crippen LogP contribution in [0.25, 0.3) is 0 Å². The standard InChI is InChI=1S/C6H12N2OS.ClH/c7-6(10)5-8-1-3-9-4-2-8;/h1-5H2,(H2,7,10);1H. The van der Waals surface area contributed by atoms with Crippen molar-refractivity contribution in [3.63, 3.8) is 0 Å². The van der Waals surface area contributed by atoms with Crippen LogP contribution in [0, 0.1) is 0 Å². The van der Waals surface area contributed by atoms with Gasteiger partial charge in [0.05, 0.1) is 18.2 Å². The van der Waals surface area contributed by atoms with Gasteiger partial charge in [0.15, 0.2) is 0 Å². The van der Waals surface area contributed by atoms with Crippen LogP contribution in [0.5, 0.6) is 0 Å². The minimum atomic E-state index is 0. The summed E-state index contributed by atoms with van der Waals surface area (Å²) in [5.41, 5.74) is 5.37. The molecule has 0 saturated carbocycles. The molecule has 0 aromatic carbocycles. The molecular weight excluding hydrogens is 184 g/mol. The molecular formula is C6H13ClN2OS. The minimum Gasteiger partial charge on any atom is -0.392 e. The van der Waals surface area contributed by atoms with Crippen LogP contribution < -0.4 is 5.73 Å². The molecule has 0 aliphatic carbocycles. The van der Waals surface area contributed by atoms with Gasteiger partial charge in [-0.2, -0.15) is 0 Å². The predicted molar refractivity (Wildman–Crippen MR) is 51.3 cm³/mol. The fraction of sp³-hybridized carbons (Fsp3) is 0.833. The van der Waals surface area contributed by atoms with Crippen LogP contribution in [0.15, 0.2) is 0 Å². The highest BCUT2D eigenvalue weighted by molar-refractivity contribution is 7.80. The number of morpholine rings is 1. The summed E-state index contributed by atoms with van der Waals surface area (Å²) < 4.78 is 5.16. The highest BCUT2D eigenvalue weighted by atomic mass is 35.5. The van der Waals surface area contributed by atoms with E-state index in [9.17, 15) is 0 Å². The predicted octanol–water partition coefficient (Wildman–Crippen LogP) is 0.0265. The molecule has 5 heteroatoms. The van der Waals surface area contributed by atoms with Crippen LogP contribution in [0.3, 0.4) is 0 Å². The van der Waals surface area contributed by atoms with Gasteiger partial charge < -0.3 is 10.5 Å². The van der Waals surface area contributed by atoms with Crippen LogP contribution in [0.4, 0.5) is 0 Å². The fourth-order valence-electron chi connectivity index (χ4n) is 0.980. The molecule has 1 heterocycles. The highest BCUT2D eigenvalue weighted by Crippen LogP contribution is 1.94. The lowest BCUT2D eigenvalue weighted by Gasteiger charge is -2.25. The van der Waals surface area contributed by atoms with Crippen LogP contribution >= 0.6 is 24.6 Å². The van der Waals surface area contributed by atoms with Crippen molar-refractivity contribution in [1.82, 2.24) is 4.90 Å². The summed E-state index contributed by atoms with van der Waals surface area (Å²) >= 11 is 4.77. The van der Waals surface area contributed by atoms with E-state index in [0.717, 1.165) is 32.8 Å². The molecule has 0 spiro atoms. The largest absolute Gasteiger partial charge is 0.392 e. The van der Waals surface area contributed by atoms with Gasteiger partial charge in [0.1, 0.15) is 0 Å². The highest BCUT2D eigenvalue weighted by Gasteiger charge is 2.09. The summed E-state index contributed by atoms with van der Waals surface area (Å²) in [5, 5.41) is 0. The molecule has 2 N–H and O–H groups in total. The zero-order chi connectivity index (χ0) is 7.40. The Morgan fingerprint density at radius 2 is 2.00 bits per heavy atom. The van der Waals surface area contributed by atoms with Gasteiger partial charge >= 0.3 is 0 Å². The third kappa shape index (κ3) is 4.53. The van der Waals surface area contributed by atoms with E-state index in [1.165, 1.54) is 0 Å². The molecule has 3 nitrogen and oxygen atoms in total. The van der Waals surface area contributed by atoms with E-state index in [0.29, 0.717) is 4.99 Å². The normalized spacial score (nSPS) is 18.9. The summed E-state index contributed by atoms with van der Waals surface area (Å²) in [6.07, 6.45) is 0. The number of nitrogens with zero attached hydrogens (tertiary/aromatic N) is 1. The van der Waals surface area contributed by atoms with Crippen molar-refractivity contribution in [3.05, 3.63) is 0 Å². The summed E-state index contributed by atoms with van der Waals surface area (Å²) in [7, 11) is 0. The number of ether oxygens (including phenoxy) is 1. The second-order valence-corrected chi connectivity index (χ2v) is 2.88. The van der Waals surface area contributed by atoms with Crippen molar-refractivity contribution < 1.29 is 4.74 Å². The lowest BCUT2D eigenvalue weighted by Crippen LogP contribution is -2.40. The Labute approximate surface area is 78.3 Å². The van der Waals surface area contributed by atoms with Gasteiger partial charge in [0, 0.05) is 19.6 Å². The first-order valence-electron chi connectivity index (χ1n) is 3.37. The first kappa shape index (κ1) is 11.1. The molecule has 0 amide bonds. The number of thiocarbonyl (C=S) groups is 1. The maximum absolute atomic E-state index is 5.37. The van der Waals surface area contributed by atoms with Gasteiger partial charge in [0.2, 0.25) is 0 Å². The second-order valence-electron chi connectivity index (χ2n) is 2.35. The molecule has 1 rings (SSSR count). The van der Waals surface area contributed by atoms with Gasteiger partial charge in [-0.15, -0.1) is 12.4 Å². The van der Waals surface area contributed by atoms with Crippen molar-refractivity contribution in [1.29, 1.82) is 0 Å². The quantitative estimate of drug-likeness (QED) is 0.633. The van der Waals surface area contributed by atoms with Crippen LogP contribution in [-0.4, -0.2) is 42.7 Å². The minimum absolute atomic E-state index is 0. The first-order chi connectivity index (χ1) is 4.79. The number of hydrogen-bond donors (Lipinski definition) is 1. The number of hydrogen-bond acceptors (Lipinski definition) is 3. The Bertz CT molecular complexity index is 128. The van der Waals surface area contributed by atoms with E-state index in [4.69, 9.17) is 22.7 Å². The van der Waals surface area contributed by atoms with Crippen LogP contribution in [-0.2, 0) is 4.74 Å². The van der Waals surface area contributed by atoms with Gasteiger partial charge in [-0.1, -0.05) is 12.2 Å². The summed E-state index contributed by atoms with van der Waals surface area (Å²) in [6.45, 7) is 4.26. The first-order valence-corrected chi connectivity index (χ1v) is 3.78. The SMILES string of the molecule is Cl.NC(=S)CN1CCOCC1. The van der Waals surface area contributed by atoms with Crippen molar-refractivity contribution in [3.8, 4) is 0 Å². The van der Waals surface area contributed by atoms with Crippen molar-refractivity contribution >= 4 is 29.6 Å². The summed E-state index contributed by atoms with van der Waals surface area (Å²) in [5.74, 6) is 0. The van der Waals surface area contributed by atoms with E-state index in [1.54, 1.807) is 0 Å². The fourth-order valence-corrected chi connectivity index (χ4v) is 1.16. The monoisotopic (exact) mass is 196 g/mol. The lowest BCUT2D eigenvalue weighted by molar-refractivity contribution is 0.0454. The zero-order valence-corrected chi connectivity index (χ0v) is 7.92. The summed E-state index contributed by atoms with van der Waals surface area (Å²) in [4.78, 5) is 2.77. The third-order valence-electron chi connectivity index (χ3n) is 1.48. The lowest BCUT2D eigenvalue weighted by atomic mass is 10.4. The molecule has 66 valence electrons. The van der Waals surface area contributed by atoms with Gasteiger partial charge in [-0.25, -0.2) is 0 Å². The van der Waals surface area contributed by atoms with Crippen molar-refractivity contribution in [2.24, 2.45) is 5.73 Å². The molecule has 1 saturated heterocycles. The Balaban J connectivity index is 0.000001000. The molecule has 0 atom stereocenters. The topological polar surface area (TPSA) is 38.5 Å². The molecule has 0 bridgehead atoms. The van der Waals surface area contributed by atoms with E-state index in [1.807, 2.05) is 0 Å². The number of rotatable bonds is 2. The molecule has 0 aromatic heterocycles. The Kier molecular flexibility index (Phi) is 5.76. The third-order valence-corrected chi connectivity index (χ3v) is 1.61. The Morgan fingerprint density at radius 1 is 1.45 bits per heavy atom. The average Bonchev–Trinajstić information content (AvgIpc) is 1.88. The molecule has 1 aliphatic heterocycles. The Hall–Kier alpha value is 0.1000. The number of nitrogens with two attached hydrogens (primary N) is 1. The van der Waals surface area contributed by atoms with Crippen molar-refractivity contribution in [2.45, 2.75) is 0 Å². The molecule has 1 fully saturated rings. The number of halogens is 1. The molecule has 0 aromatic rings. The van der Waals surface area contributed by atoms with E-state index in [-0.39, 0.29) is 12.4 Å². The van der Waals surface area contributed by atoms with Crippen molar-refractivity contribution in [2.75, 3.05) is 32.8 Å². The maximum Gasteiger partial charge on any atom is 0.0870 e. The second kappa shape index (κ2) is 5.71. The van der Waals surface area contributed by atoms with Gasteiger partial charge in [0.25, 0.3) is 0 Å². The van der Waals surface area contributed by atoms with Crippen LogP contribution in [0.2, 0.25) is 0 Å². The summed E-state index contributed by atoms with van der Waals surface area (Å²) in [6, 6.07) is 0. The molecule has 0 radical (unpaired) electrons. The Morgan fingerprint density at radius 3 is 2.45 bits per heavy atom. The molecule has 11 heavy (non-hydrogen) atoms. The molecule has 0 unspecified atom stereocenters.